The first-order valence-corrected chi connectivity index (χ1v) is 5.68. The molecule has 13 heavy (non-hydrogen) atoms. The van der Waals surface area contributed by atoms with Gasteiger partial charge < -0.3 is 0 Å². The van der Waals surface area contributed by atoms with E-state index < -0.39 is 0 Å². The maximum atomic E-state index is 3.92. The molecular formula is C13H26. The summed E-state index contributed by atoms with van der Waals surface area (Å²) in [5.74, 6) is 1.74. The highest BCUT2D eigenvalue weighted by atomic mass is 14.1. The highest BCUT2D eigenvalue weighted by Crippen LogP contribution is 2.18. The summed E-state index contributed by atoms with van der Waals surface area (Å²) in [6, 6.07) is 0. The van der Waals surface area contributed by atoms with Crippen LogP contribution in [0.4, 0.5) is 0 Å². The minimum atomic E-state index is 0.848. The lowest BCUT2D eigenvalue weighted by Crippen LogP contribution is -2.03. The quantitative estimate of drug-likeness (QED) is 0.392. The van der Waals surface area contributed by atoms with E-state index in [4.69, 9.17) is 0 Å². The van der Waals surface area contributed by atoms with Crippen LogP contribution in [-0.4, -0.2) is 0 Å². The third-order valence-corrected chi connectivity index (χ3v) is 2.90. The van der Waals surface area contributed by atoms with Gasteiger partial charge in [0, 0.05) is 0 Å². The Bertz CT molecular complexity index is 133. The number of unbranched alkanes of at least 4 members (excludes halogenated alkanes) is 2. The fraction of sp³-hybridized carbons (Fsp3) is 0.846. The predicted molar refractivity (Wildman–Crippen MR) is 61.9 cm³/mol. The zero-order valence-electron chi connectivity index (χ0n) is 9.90. The van der Waals surface area contributed by atoms with Crippen molar-refractivity contribution in [1.82, 2.24) is 0 Å². The zero-order chi connectivity index (χ0) is 10.3. The van der Waals surface area contributed by atoms with Gasteiger partial charge in [-0.1, -0.05) is 45.6 Å². The molecule has 0 N–H and O–H groups in total. The van der Waals surface area contributed by atoms with Crippen molar-refractivity contribution in [2.75, 3.05) is 0 Å². The van der Waals surface area contributed by atoms with Gasteiger partial charge in [-0.2, -0.15) is 0 Å². The van der Waals surface area contributed by atoms with Gasteiger partial charge in [-0.05, 0) is 31.6 Å². The Morgan fingerprint density at radius 3 is 2.15 bits per heavy atom. The smallest absolute Gasteiger partial charge is 0.0326 e. The summed E-state index contributed by atoms with van der Waals surface area (Å²) in [5, 5.41) is 0. The molecule has 0 saturated heterocycles. The Morgan fingerprint density at radius 1 is 1.08 bits per heavy atom. The first kappa shape index (κ1) is 12.7. The van der Waals surface area contributed by atoms with E-state index in [-0.39, 0.29) is 0 Å². The molecule has 0 radical (unpaired) electrons. The van der Waals surface area contributed by atoms with Crippen LogP contribution >= 0.6 is 0 Å². The molecule has 0 amide bonds. The van der Waals surface area contributed by atoms with Gasteiger partial charge in [0.15, 0.2) is 0 Å². The fourth-order valence-electron chi connectivity index (χ4n) is 1.40. The van der Waals surface area contributed by atoms with Crippen LogP contribution in [-0.2, 0) is 0 Å². The van der Waals surface area contributed by atoms with Crippen molar-refractivity contribution in [1.29, 1.82) is 0 Å². The molecule has 0 aliphatic rings. The number of hydrogen-bond acceptors (Lipinski definition) is 0. The van der Waals surface area contributed by atoms with Crippen LogP contribution in [0.15, 0.2) is 12.2 Å². The Labute approximate surface area is 84.4 Å². The van der Waals surface area contributed by atoms with E-state index >= 15 is 0 Å². The van der Waals surface area contributed by atoms with Crippen molar-refractivity contribution in [3.05, 3.63) is 12.2 Å². The monoisotopic (exact) mass is 182 g/mol. The summed E-state index contributed by atoms with van der Waals surface area (Å²) in [5.41, 5.74) is 1.33. The van der Waals surface area contributed by atoms with Gasteiger partial charge in [-0.3, -0.25) is 0 Å². The second kappa shape index (κ2) is 7.17. The molecule has 0 aromatic carbocycles. The van der Waals surface area contributed by atoms with Crippen molar-refractivity contribution in [2.45, 2.75) is 59.8 Å². The normalized spacial score (nSPS) is 13.3. The van der Waals surface area contributed by atoms with Gasteiger partial charge in [-0.15, -0.1) is 6.58 Å². The van der Waals surface area contributed by atoms with Crippen LogP contribution in [0.1, 0.15) is 59.8 Å². The van der Waals surface area contributed by atoms with Gasteiger partial charge in [-0.25, -0.2) is 0 Å². The lowest BCUT2D eigenvalue weighted by Gasteiger charge is -2.14. The zero-order valence-corrected chi connectivity index (χ0v) is 9.90. The predicted octanol–water partition coefficient (Wildman–Crippen LogP) is 4.81. The largest absolute Gasteiger partial charge is 0.100 e. The Kier molecular flexibility index (Phi) is 7.03. The molecule has 0 bridgehead atoms. The molecule has 0 rings (SSSR count). The average Bonchev–Trinajstić information content (AvgIpc) is 2.02. The summed E-state index contributed by atoms with van der Waals surface area (Å²) in [7, 11) is 0. The maximum absolute atomic E-state index is 3.92. The van der Waals surface area contributed by atoms with Crippen LogP contribution in [0, 0.1) is 11.8 Å². The molecule has 0 saturated carbocycles. The Hall–Kier alpha value is -0.260. The summed E-state index contributed by atoms with van der Waals surface area (Å²) in [6.45, 7) is 13.0. The van der Waals surface area contributed by atoms with E-state index in [0.717, 1.165) is 11.8 Å². The minimum Gasteiger partial charge on any atom is -0.100 e. The second-order valence-corrected chi connectivity index (χ2v) is 4.78. The third-order valence-electron chi connectivity index (χ3n) is 2.90. The van der Waals surface area contributed by atoms with Gasteiger partial charge in [0.05, 0.1) is 0 Å². The fourth-order valence-corrected chi connectivity index (χ4v) is 1.40. The molecule has 0 heteroatoms. The lowest BCUT2D eigenvalue weighted by atomic mass is 9.92. The van der Waals surface area contributed by atoms with E-state index in [1.54, 1.807) is 0 Å². The molecule has 1 atom stereocenters. The lowest BCUT2D eigenvalue weighted by molar-refractivity contribution is 0.376. The van der Waals surface area contributed by atoms with Crippen molar-refractivity contribution in [3.8, 4) is 0 Å². The molecule has 0 heterocycles. The Morgan fingerprint density at radius 2 is 1.69 bits per heavy atom. The highest BCUT2D eigenvalue weighted by Gasteiger charge is 2.05. The minimum absolute atomic E-state index is 0.848. The molecule has 1 unspecified atom stereocenters. The molecule has 0 nitrogen and oxygen atoms in total. The van der Waals surface area contributed by atoms with Crippen LogP contribution in [0.5, 0.6) is 0 Å². The van der Waals surface area contributed by atoms with Crippen LogP contribution < -0.4 is 0 Å². The summed E-state index contributed by atoms with van der Waals surface area (Å²) in [4.78, 5) is 0. The van der Waals surface area contributed by atoms with Crippen molar-refractivity contribution < 1.29 is 0 Å². The molecule has 0 aromatic rings. The highest BCUT2D eigenvalue weighted by molar-refractivity contribution is 4.86. The van der Waals surface area contributed by atoms with E-state index in [1.165, 1.54) is 37.7 Å². The van der Waals surface area contributed by atoms with E-state index in [1.807, 2.05) is 0 Å². The summed E-state index contributed by atoms with van der Waals surface area (Å²) >= 11 is 0. The van der Waals surface area contributed by atoms with E-state index in [9.17, 15) is 0 Å². The maximum Gasteiger partial charge on any atom is -0.0326 e. The van der Waals surface area contributed by atoms with Crippen molar-refractivity contribution >= 4 is 0 Å². The summed E-state index contributed by atoms with van der Waals surface area (Å²) < 4.78 is 0. The number of rotatable bonds is 7. The van der Waals surface area contributed by atoms with Gasteiger partial charge in [0.2, 0.25) is 0 Å². The summed E-state index contributed by atoms with van der Waals surface area (Å²) in [6.07, 6.45) is 6.72. The molecule has 0 aliphatic carbocycles. The Balaban J connectivity index is 3.21. The van der Waals surface area contributed by atoms with Crippen LogP contribution in [0.3, 0.4) is 0 Å². The van der Waals surface area contributed by atoms with Crippen LogP contribution in [0.25, 0.3) is 0 Å². The average molecular weight is 182 g/mol. The van der Waals surface area contributed by atoms with E-state index in [0.29, 0.717) is 0 Å². The van der Waals surface area contributed by atoms with Crippen molar-refractivity contribution in [2.24, 2.45) is 11.8 Å². The number of allylic oxidation sites excluding steroid dienone is 1. The first-order chi connectivity index (χ1) is 6.04. The molecule has 0 fully saturated rings. The topological polar surface area (TPSA) is 0 Å². The standard InChI is InChI=1S/C13H26/c1-11(2)9-7-6-8-10-13(5)12(3)4/h12-13H,1,6-10H2,2-5H3. The van der Waals surface area contributed by atoms with Gasteiger partial charge >= 0.3 is 0 Å². The molecule has 78 valence electrons. The molecular weight excluding hydrogens is 156 g/mol. The second-order valence-electron chi connectivity index (χ2n) is 4.78. The SMILES string of the molecule is C=C(C)CCCCCC(C)C(C)C. The van der Waals surface area contributed by atoms with E-state index in [2.05, 4.69) is 34.3 Å². The third kappa shape index (κ3) is 8.08. The number of hydrogen-bond donors (Lipinski definition) is 0. The van der Waals surface area contributed by atoms with Gasteiger partial charge in [0.25, 0.3) is 0 Å². The molecule has 0 spiro atoms. The molecule has 0 aromatic heterocycles. The molecule has 0 aliphatic heterocycles. The van der Waals surface area contributed by atoms with Crippen LogP contribution in [0.2, 0.25) is 0 Å². The van der Waals surface area contributed by atoms with Gasteiger partial charge in [0.1, 0.15) is 0 Å². The first-order valence-electron chi connectivity index (χ1n) is 5.68. The van der Waals surface area contributed by atoms with Crippen molar-refractivity contribution in [3.63, 3.8) is 0 Å².